The van der Waals surface area contributed by atoms with Gasteiger partial charge in [0, 0.05) is 25.8 Å². The van der Waals surface area contributed by atoms with Crippen LogP contribution in [0, 0.1) is 0 Å². The second kappa shape index (κ2) is 11.8. The predicted octanol–water partition coefficient (Wildman–Crippen LogP) is 4.82. The second-order valence-corrected chi connectivity index (χ2v) is 8.99. The molecular formula is C27H29F3N4O4. The number of halogens is 3. The van der Waals surface area contributed by atoms with Gasteiger partial charge in [-0.1, -0.05) is 18.7 Å². The van der Waals surface area contributed by atoms with E-state index in [0.717, 1.165) is 36.1 Å². The van der Waals surface area contributed by atoms with E-state index in [1.165, 1.54) is 18.2 Å². The number of hydrogen-bond donors (Lipinski definition) is 1. The summed E-state index contributed by atoms with van der Waals surface area (Å²) in [5, 5.41) is 2.70. The number of carbonyl (C=O) groups is 2. The van der Waals surface area contributed by atoms with Crippen LogP contribution in [0.25, 0.3) is 11.0 Å². The van der Waals surface area contributed by atoms with E-state index in [4.69, 9.17) is 9.47 Å². The molecule has 1 aliphatic rings. The maximum atomic E-state index is 13.2. The van der Waals surface area contributed by atoms with Crippen molar-refractivity contribution >= 4 is 28.8 Å². The van der Waals surface area contributed by atoms with Crippen molar-refractivity contribution in [2.45, 2.75) is 31.7 Å². The molecule has 1 saturated heterocycles. The van der Waals surface area contributed by atoms with E-state index in [-0.39, 0.29) is 23.5 Å². The van der Waals surface area contributed by atoms with Crippen molar-refractivity contribution in [3.8, 4) is 0 Å². The van der Waals surface area contributed by atoms with Crippen molar-refractivity contribution in [1.82, 2.24) is 14.5 Å². The standard InChI is InChI=1S/C27H29F3N4O4/c1-3-24(35)33-11-5-8-21(16-33)34-23-10-9-18(17-38-13-12-37-2)14-22(23)31-26(34)32-25(36)19-6-4-7-20(15-19)27(28,29)30/h3-4,6-7,9-10,14-15,21H,1,5,8,11-13,16-17H2,2H3,(H,31,32,36). The van der Waals surface area contributed by atoms with E-state index in [1.54, 1.807) is 12.0 Å². The molecule has 1 fully saturated rings. The Kier molecular flexibility index (Phi) is 8.48. The first kappa shape index (κ1) is 27.3. The van der Waals surface area contributed by atoms with Crippen LogP contribution in [0.2, 0.25) is 0 Å². The molecule has 2 heterocycles. The molecule has 1 N–H and O–H groups in total. The van der Waals surface area contributed by atoms with Crippen LogP contribution in [0.1, 0.15) is 40.4 Å². The van der Waals surface area contributed by atoms with Gasteiger partial charge in [-0.2, -0.15) is 13.2 Å². The lowest BCUT2D eigenvalue weighted by Crippen LogP contribution is -2.40. The van der Waals surface area contributed by atoms with Gasteiger partial charge in [0.05, 0.1) is 42.5 Å². The van der Waals surface area contributed by atoms with Crippen molar-refractivity contribution in [3.05, 3.63) is 71.8 Å². The molecule has 0 aliphatic carbocycles. The number of carbonyl (C=O) groups excluding carboxylic acids is 2. The Morgan fingerprint density at radius 2 is 2.03 bits per heavy atom. The second-order valence-electron chi connectivity index (χ2n) is 8.99. The minimum atomic E-state index is -4.57. The third-order valence-corrected chi connectivity index (χ3v) is 6.38. The molecule has 1 aromatic heterocycles. The number of likely N-dealkylation sites (tertiary alicyclic amines) is 1. The van der Waals surface area contributed by atoms with E-state index in [2.05, 4.69) is 16.9 Å². The van der Waals surface area contributed by atoms with E-state index in [9.17, 15) is 22.8 Å². The van der Waals surface area contributed by atoms with E-state index >= 15 is 0 Å². The third kappa shape index (κ3) is 6.22. The first-order valence-corrected chi connectivity index (χ1v) is 12.2. The summed E-state index contributed by atoms with van der Waals surface area (Å²) in [5.74, 6) is -0.715. The third-order valence-electron chi connectivity index (χ3n) is 6.38. The molecular weight excluding hydrogens is 501 g/mol. The van der Waals surface area contributed by atoms with Crippen LogP contribution < -0.4 is 5.32 Å². The number of imidazole rings is 1. The molecule has 1 unspecified atom stereocenters. The van der Waals surface area contributed by atoms with Gasteiger partial charge in [-0.25, -0.2) is 4.98 Å². The summed E-state index contributed by atoms with van der Waals surface area (Å²) in [4.78, 5) is 31.7. The van der Waals surface area contributed by atoms with Crippen LogP contribution in [-0.2, 0) is 27.1 Å². The maximum Gasteiger partial charge on any atom is 0.416 e. The Morgan fingerprint density at radius 1 is 1.21 bits per heavy atom. The molecule has 2 aromatic carbocycles. The molecule has 2 amide bonds. The number of fused-ring (bicyclic) bond motifs is 1. The number of alkyl halides is 3. The van der Waals surface area contributed by atoms with E-state index in [0.29, 0.717) is 38.4 Å². The van der Waals surface area contributed by atoms with Gasteiger partial charge in [0.2, 0.25) is 11.9 Å². The van der Waals surface area contributed by atoms with Gasteiger partial charge in [0.1, 0.15) is 0 Å². The van der Waals surface area contributed by atoms with Crippen molar-refractivity contribution in [2.24, 2.45) is 0 Å². The monoisotopic (exact) mass is 530 g/mol. The molecule has 3 aromatic rings. The number of rotatable bonds is 9. The van der Waals surface area contributed by atoms with Gasteiger partial charge in [-0.15, -0.1) is 0 Å². The zero-order valence-corrected chi connectivity index (χ0v) is 21.0. The average molecular weight is 531 g/mol. The van der Waals surface area contributed by atoms with Gasteiger partial charge in [0.15, 0.2) is 0 Å². The molecule has 0 bridgehead atoms. The van der Waals surface area contributed by atoms with Crippen molar-refractivity contribution in [2.75, 3.05) is 38.7 Å². The largest absolute Gasteiger partial charge is 0.416 e. The number of ether oxygens (including phenoxy) is 2. The number of nitrogens with zero attached hydrogens (tertiary/aromatic N) is 3. The first-order valence-electron chi connectivity index (χ1n) is 12.2. The Labute approximate surface area is 218 Å². The van der Waals surface area contributed by atoms with E-state index in [1.807, 2.05) is 22.8 Å². The molecule has 202 valence electrons. The van der Waals surface area contributed by atoms with E-state index < -0.39 is 17.6 Å². The van der Waals surface area contributed by atoms with Crippen molar-refractivity contribution in [1.29, 1.82) is 0 Å². The number of benzene rings is 2. The van der Waals surface area contributed by atoms with Crippen LogP contribution in [0.5, 0.6) is 0 Å². The van der Waals surface area contributed by atoms with Crippen LogP contribution in [0.4, 0.5) is 19.1 Å². The fourth-order valence-electron chi connectivity index (χ4n) is 4.53. The smallest absolute Gasteiger partial charge is 0.382 e. The quantitative estimate of drug-likeness (QED) is 0.317. The van der Waals surface area contributed by atoms with Gasteiger partial charge in [-0.3, -0.25) is 14.9 Å². The lowest BCUT2D eigenvalue weighted by atomic mass is 10.0. The van der Waals surface area contributed by atoms with Gasteiger partial charge < -0.3 is 18.9 Å². The molecule has 1 aliphatic heterocycles. The fraction of sp³-hybridized carbons (Fsp3) is 0.370. The number of hydrogen-bond acceptors (Lipinski definition) is 5. The summed E-state index contributed by atoms with van der Waals surface area (Å²) in [6.07, 6.45) is -1.86. The summed E-state index contributed by atoms with van der Waals surface area (Å²) < 4.78 is 52.0. The first-order chi connectivity index (χ1) is 18.2. The minimum absolute atomic E-state index is 0.141. The molecule has 38 heavy (non-hydrogen) atoms. The molecule has 11 heteroatoms. The lowest BCUT2D eigenvalue weighted by molar-refractivity contribution is -0.137. The van der Waals surface area contributed by atoms with Crippen LogP contribution in [-0.4, -0.2) is 59.7 Å². The van der Waals surface area contributed by atoms with Gasteiger partial charge >= 0.3 is 6.18 Å². The molecule has 1 atom stereocenters. The molecule has 8 nitrogen and oxygen atoms in total. The number of anilines is 1. The summed E-state index contributed by atoms with van der Waals surface area (Å²) >= 11 is 0. The highest BCUT2D eigenvalue weighted by atomic mass is 19.4. The number of methoxy groups -OCH3 is 1. The highest BCUT2D eigenvalue weighted by Gasteiger charge is 2.31. The topological polar surface area (TPSA) is 85.7 Å². The Bertz CT molecular complexity index is 1320. The minimum Gasteiger partial charge on any atom is -0.382 e. The van der Waals surface area contributed by atoms with Gasteiger partial charge in [-0.05, 0) is 54.8 Å². The average Bonchev–Trinajstić information content (AvgIpc) is 3.27. The maximum absolute atomic E-state index is 13.2. The molecule has 0 saturated carbocycles. The summed E-state index contributed by atoms with van der Waals surface area (Å²) in [7, 11) is 1.59. The molecule has 4 rings (SSSR count). The molecule has 0 radical (unpaired) electrons. The number of amides is 2. The van der Waals surface area contributed by atoms with Gasteiger partial charge in [0.25, 0.3) is 5.91 Å². The Morgan fingerprint density at radius 3 is 2.76 bits per heavy atom. The number of aromatic nitrogens is 2. The SMILES string of the molecule is C=CC(=O)N1CCCC(n2c(NC(=O)c3cccc(C(F)(F)F)c3)nc3cc(COCCOC)ccc32)C1. The summed E-state index contributed by atoms with van der Waals surface area (Å²) in [6, 6.07) is 9.62. The summed E-state index contributed by atoms with van der Waals surface area (Å²) in [5.41, 5.74) is 1.12. The van der Waals surface area contributed by atoms with Crippen LogP contribution in [0.3, 0.4) is 0 Å². The normalized spacial score (nSPS) is 16.0. The number of nitrogens with one attached hydrogen (secondary N) is 1. The van der Waals surface area contributed by atoms with Crippen molar-refractivity contribution < 1.29 is 32.2 Å². The summed E-state index contributed by atoms with van der Waals surface area (Å²) in [6.45, 7) is 5.76. The Balaban J connectivity index is 1.68. The van der Waals surface area contributed by atoms with Crippen LogP contribution >= 0.6 is 0 Å². The zero-order chi connectivity index (χ0) is 27.3. The molecule has 0 spiro atoms. The predicted molar refractivity (Wildman–Crippen MR) is 136 cm³/mol. The zero-order valence-electron chi connectivity index (χ0n) is 21.0. The van der Waals surface area contributed by atoms with Crippen molar-refractivity contribution in [3.63, 3.8) is 0 Å². The highest BCUT2D eigenvalue weighted by Crippen LogP contribution is 2.32. The highest BCUT2D eigenvalue weighted by molar-refractivity contribution is 6.04. The lowest BCUT2D eigenvalue weighted by Gasteiger charge is -2.33. The fourth-order valence-corrected chi connectivity index (χ4v) is 4.53. The Hall–Kier alpha value is -3.70. The van der Waals surface area contributed by atoms with Crippen LogP contribution in [0.15, 0.2) is 55.1 Å². The number of piperidine rings is 1.